The maximum absolute atomic E-state index is 12.6. The first-order valence-electron chi connectivity index (χ1n) is 10.6. The Labute approximate surface area is 175 Å². The summed E-state index contributed by atoms with van der Waals surface area (Å²) in [4.78, 5) is 21.4. The summed E-state index contributed by atoms with van der Waals surface area (Å²) >= 11 is 1.36. The lowest BCUT2D eigenvalue weighted by atomic mass is 9.84. The van der Waals surface area contributed by atoms with Gasteiger partial charge in [0.15, 0.2) is 5.16 Å². The molecule has 2 saturated carbocycles. The summed E-state index contributed by atoms with van der Waals surface area (Å²) in [5, 5.41) is 18.5. The number of rotatable bonds is 9. The van der Waals surface area contributed by atoms with E-state index in [0.717, 1.165) is 18.4 Å². The fraction of sp³-hybridized carbons (Fsp3) is 0.737. The Bertz CT molecular complexity index is 871. The van der Waals surface area contributed by atoms with Crippen LogP contribution in [0.4, 0.5) is 11.9 Å². The number of hydrogen-bond donors (Lipinski definition) is 3. The van der Waals surface area contributed by atoms with E-state index in [1.165, 1.54) is 37.4 Å². The van der Waals surface area contributed by atoms with E-state index in [2.05, 4.69) is 43.0 Å². The van der Waals surface area contributed by atoms with Crippen molar-refractivity contribution in [3.05, 3.63) is 0 Å². The van der Waals surface area contributed by atoms with Crippen LogP contribution in [0, 0.1) is 17.8 Å². The van der Waals surface area contributed by atoms with Gasteiger partial charge < -0.3 is 16.0 Å². The van der Waals surface area contributed by atoms with Crippen molar-refractivity contribution in [2.45, 2.75) is 57.7 Å². The summed E-state index contributed by atoms with van der Waals surface area (Å²) in [5.74, 6) is 4.25. The van der Waals surface area contributed by atoms with Gasteiger partial charge in [0.05, 0.1) is 5.75 Å². The summed E-state index contributed by atoms with van der Waals surface area (Å²) in [7, 11) is 0. The van der Waals surface area contributed by atoms with Crippen molar-refractivity contribution in [1.29, 1.82) is 0 Å². The minimum absolute atomic E-state index is 0.0391. The molecule has 2 aliphatic rings. The highest BCUT2D eigenvalue weighted by Crippen LogP contribution is 2.49. The van der Waals surface area contributed by atoms with Crippen LogP contribution in [0.1, 0.15) is 46.5 Å². The van der Waals surface area contributed by atoms with E-state index in [4.69, 9.17) is 0 Å². The third-order valence-electron chi connectivity index (χ3n) is 6.07. The standard InChI is InChI=1S/C19H30N8OS/c1-4-20-16-23-17(21-5-2)27-18(24-16)25-26-19(27)29-10-15(28)22-11(3)14-9-12-6-7-13(14)8-12/h11-14H,4-10H2,1-3H3,(H,22,28)(H2,20,21,23,24,25). The normalized spacial score (nSPS) is 24.0. The van der Waals surface area contributed by atoms with Crippen molar-refractivity contribution in [3.8, 4) is 0 Å². The van der Waals surface area contributed by atoms with Gasteiger partial charge in [-0.05, 0) is 57.8 Å². The number of thioether (sulfide) groups is 1. The van der Waals surface area contributed by atoms with Gasteiger partial charge in [0.1, 0.15) is 0 Å². The zero-order valence-electron chi connectivity index (χ0n) is 17.3. The molecule has 2 fully saturated rings. The van der Waals surface area contributed by atoms with Gasteiger partial charge in [-0.2, -0.15) is 9.97 Å². The van der Waals surface area contributed by atoms with Crippen LogP contribution in [-0.4, -0.2) is 55.4 Å². The molecule has 29 heavy (non-hydrogen) atoms. The first kappa shape index (κ1) is 20.2. The van der Waals surface area contributed by atoms with Crippen molar-refractivity contribution < 1.29 is 4.79 Å². The average Bonchev–Trinajstić information content (AvgIpc) is 3.42. The Balaban J connectivity index is 1.40. The van der Waals surface area contributed by atoms with Gasteiger partial charge in [-0.3, -0.25) is 4.79 Å². The summed E-state index contributed by atoms with van der Waals surface area (Å²) in [6.07, 6.45) is 5.33. The number of hydrogen-bond acceptors (Lipinski definition) is 8. The lowest BCUT2D eigenvalue weighted by molar-refractivity contribution is -0.119. The second-order valence-electron chi connectivity index (χ2n) is 8.03. The van der Waals surface area contributed by atoms with Crippen LogP contribution >= 0.6 is 11.8 Å². The number of fused-ring (bicyclic) bond motifs is 3. The highest BCUT2D eigenvalue weighted by atomic mass is 32.2. The highest BCUT2D eigenvalue weighted by molar-refractivity contribution is 7.99. The Morgan fingerprint density at radius 3 is 2.69 bits per heavy atom. The largest absolute Gasteiger partial charge is 0.355 e. The molecule has 2 heterocycles. The number of amides is 1. The Morgan fingerprint density at radius 1 is 1.17 bits per heavy atom. The first-order chi connectivity index (χ1) is 14.1. The lowest BCUT2D eigenvalue weighted by Crippen LogP contribution is -2.40. The zero-order chi connectivity index (χ0) is 20.4. The molecule has 1 amide bonds. The fourth-order valence-electron chi connectivity index (χ4n) is 4.84. The summed E-state index contributed by atoms with van der Waals surface area (Å²) < 4.78 is 1.77. The van der Waals surface area contributed by atoms with Crippen molar-refractivity contribution >= 4 is 35.3 Å². The number of nitrogens with zero attached hydrogens (tertiary/aromatic N) is 5. The van der Waals surface area contributed by atoms with E-state index < -0.39 is 0 Å². The van der Waals surface area contributed by atoms with Gasteiger partial charge in [-0.1, -0.05) is 18.2 Å². The van der Waals surface area contributed by atoms with Crippen molar-refractivity contribution in [1.82, 2.24) is 29.9 Å². The number of carbonyl (C=O) groups is 1. The number of aromatic nitrogens is 5. The second-order valence-corrected chi connectivity index (χ2v) is 8.98. The average molecular weight is 419 g/mol. The number of carbonyl (C=O) groups excluding carboxylic acids is 1. The van der Waals surface area contributed by atoms with E-state index in [1.807, 2.05) is 13.8 Å². The van der Waals surface area contributed by atoms with Crippen LogP contribution in [0.2, 0.25) is 0 Å². The molecule has 0 aromatic carbocycles. The fourth-order valence-corrected chi connectivity index (χ4v) is 5.58. The molecule has 0 spiro atoms. The zero-order valence-corrected chi connectivity index (χ0v) is 18.1. The number of anilines is 2. The van der Waals surface area contributed by atoms with Crippen LogP contribution in [0.3, 0.4) is 0 Å². The van der Waals surface area contributed by atoms with Crippen LogP contribution in [-0.2, 0) is 4.79 Å². The molecule has 9 nitrogen and oxygen atoms in total. The highest BCUT2D eigenvalue weighted by Gasteiger charge is 2.42. The molecule has 10 heteroatoms. The monoisotopic (exact) mass is 418 g/mol. The maximum atomic E-state index is 12.6. The van der Waals surface area contributed by atoms with Crippen LogP contribution < -0.4 is 16.0 Å². The number of nitrogens with one attached hydrogen (secondary N) is 3. The molecular weight excluding hydrogens is 388 g/mol. The van der Waals surface area contributed by atoms with E-state index in [-0.39, 0.29) is 11.9 Å². The topological polar surface area (TPSA) is 109 Å². The van der Waals surface area contributed by atoms with Gasteiger partial charge in [0.25, 0.3) is 5.78 Å². The molecule has 2 aliphatic carbocycles. The molecule has 4 atom stereocenters. The van der Waals surface area contributed by atoms with Crippen molar-refractivity contribution in [2.75, 3.05) is 29.5 Å². The molecule has 0 saturated heterocycles. The van der Waals surface area contributed by atoms with Crippen molar-refractivity contribution in [3.63, 3.8) is 0 Å². The van der Waals surface area contributed by atoms with E-state index in [1.54, 1.807) is 4.40 Å². The maximum Gasteiger partial charge on any atom is 0.261 e. The molecule has 2 bridgehead atoms. The minimum Gasteiger partial charge on any atom is -0.355 e. The molecule has 2 aromatic heterocycles. The molecule has 4 unspecified atom stereocenters. The molecular formula is C19H30N8OS. The molecule has 4 rings (SSSR count). The smallest absolute Gasteiger partial charge is 0.261 e. The van der Waals surface area contributed by atoms with E-state index in [0.29, 0.717) is 41.0 Å². The van der Waals surface area contributed by atoms with Crippen molar-refractivity contribution in [2.24, 2.45) is 17.8 Å². The van der Waals surface area contributed by atoms with Crippen LogP contribution in [0.5, 0.6) is 0 Å². The van der Waals surface area contributed by atoms with Gasteiger partial charge in [0.2, 0.25) is 17.8 Å². The lowest BCUT2D eigenvalue weighted by Gasteiger charge is -2.28. The Hall–Kier alpha value is -2.10. The first-order valence-corrected chi connectivity index (χ1v) is 11.6. The predicted molar refractivity (Wildman–Crippen MR) is 114 cm³/mol. The summed E-state index contributed by atoms with van der Waals surface area (Å²) in [6.45, 7) is 7.57. The van der Waals surface area contributed by atoms with Gasteiger partial charge in [-0.15, -0.1) is 10.2 Å². The van der Waals surface area contributed by atoms with E-state index >= 15 is 0 Å². The SMILES string of the molecule is CCNc1nc(NCC)n2c(SCC(=O)NC(C)C3CC4CCC3C4)nnc2n1. The molecule has 0 aliphatic heterocycles. The third-order valence-corrected chi connectivity index (χ3v) is 7.00. The van der Waals surface area contributed by atoms with Gasteiger partial charge >= 0.3 is 0 Å². The quantitative estimate of drug-likeness (QED) is 0.533. The Morgan fingerprint density at radius 2 is 2.00 bits per heavy atom. The van der Waals surface area contributed by atoms with Crippen LogP contribution in [0.15, 0.2) is 5.16 Å². The second kappa shape index (κ2) is 8.73. The minimum atomic E-state index is 0.0391. The van der Waals surface area contributed by atoms with E-state index in [9.17, 15) is 4.79 Å². The summed E-state index contributed by atoms with van der Waals surface area (Å²) in [6, 6.07) is 0.233. The molecule has 2 aromatic rings. The Kier molecular flexibility index (Phi) is 6.07. The molecule has 158 valence electrons. The van der Waals surface area contributed by atoms with Crippen LogP contribution in [0.25, 0.3) is 5.78 Å². The predicted octanol–water partition coefficient (Wildman–Crippen LogP) is 2.42. The van der Waals surface area contributed by atoms with Gasteiger partial charge in [-0.25, -0.2) is 4.40 Å². The van der Waals surface area contributed by atoms with Gasteiger partial charge in [0, 0.05) is 19.1 Å². The summed E-state index contributed by atoms with van der Waals surface area (Å²) in [5.41, 5.74) is 0. The molecule has 3 N–H and O–H groups in total. The molecule has 0 radical (unpaired) electrons. The third kappa shape index (κ3) is 4.26.